The number of nitrogens with zero attached hydrogens (tertiary/aromatic N) is 3. The SMILES string of the molecule is COC(=O)c1ccc(NCCCN(C)S(C)(=O)=O)nn1. The summed E-state index contributed by atoms with van der Waals surface area (Å²) in [6, 6.07) is 3.11. The molecule has 1 rings (SSSR count). The summed E-state index contributed by atoms with van der Waals surface area (Å²) < 4.78 is 28.1. The first-order chi connectivity index (χ1) is 9.34. The summed E-state index contributed by atoms with van der Waals surface area (Å²) in [5.41, 5.74) is 0.134. The molecule has 0 aliphatic heterocycles. The number of ether oxygens (including phenoxy) is 1. The van der Waals surface area contributed by atoms with Crippen molar-refractivity contribution in [3.05, 3.63) is 17.8 Å². The van der Waals surface area contributed by atoms with Gasteiger partial charge < -0.3 is 10.1 Å². The van der Waals surface area contributed by atoms with E-state index in [4.69, 9.17) is 0 Å². The lowest BCUT2D eigenvalue weighted by atomic mass is 10.3. The summed E-state index contributed by atoms with van der Waals surface area (Å²) in [7, 11) is -0.339. The quantitative estimate of drug-likeness (QED) is 0.557. The summed E-state index contributed by atoms with van der Waals surface area (Å²) >= 11 is 0. The Morgan fingerprint density at radius 3 is 2.60 bits per heavy atom. The summed E-state index contributed by atoms with van der Waals surface area (Å²) in [4.78, 5) is 11.1. The second-order valence-electron chi connectivity index (χ2n) is 4.16. The summed E-state index contributed by atoms with van der Waals surface area (Å²) in [6.45, 7) is 0.964. The third kappa shape index (κ3) is 5.10. The number of sulfonamides is 1. The number of methoxy groups -OCH3 is 1. The fourth-order valence-electron chi connectivity index (χ4n) is 1.32. The van der Waals surface area contributed by atoms with E-state index in [2.05, 4.69) is 20.3 Å². The molecule has 9 heteroatoms. The first kappa shape index (κ1) is 16.3. The number of anilines is 1. The van der Waals surface area contributed by atoms with Gasteiger partial charge in [-0.05, 0) is 18.6 Å². The van der Waals surface area contributed by atoms with Crippen molar-refractivity contribution in [1.29, 1.82) is 0 Å². The average Bonchev–Trinajstić information content (AvgIpc) is 2.42. The normalized spacial score (nSPS) is 11.4. The Hall–Kier alpha value is -1.74. The van der Waals surface area contributed by atoms with E-state index in [1.54, 1.807) is 6.07 Å². The first-order valence-corrected chi connectivity index (χ1v) is 7.76. The molecule has 0 saturated heterocycles. The van der Waals surface area contributed by atoms with Gasteiger partial charge in [0, 0.05) is 20.1 Å². The predicted molar refractivity (Wildman–Crippen MR) is 74.0 cm³/mol. The third-order valence-electron chi connectivity index (χ3n) is 2.58. The van der Waals surface area contributed by atoms with Crippen molar-refractivity contribution >= 4 is 21.8 Å². The molecule has 0 unspecified atom stereocenters. The summed E-state index contributed by atoms with van der Waals surface area (Å²) in [5, 5.41) is 10.5. The van der Waals surface area contributed by atoms with E-state index in [9.17, 15) is 13.2 Å². The molecule has 1 N–H and O–H groups in total. The molecule has 0 amide bonds. The number of carbonyl (C=O) groups excluding carboxylic acids is 1. The van der Waals surface area contributed by atoms with E-state index in [0.717, 1.165) is 6.26 Å². The number of hydrogen-bond acceptors (Lipinski definition) is 7. The summed E-state index contributed by atoms with van der Waals surface area (Å²) in [6.07, 6.45) is 1.79. The van der Waals surface area contributed by atoms with Crippen LogP contribution in [0.5, 0.6) is 0 Å². The highest BCUT2D eigenvalue weighted by molar-refractivity contribution is 7.88. The van der Waals surface area contributed by atoms with Crippen LogP contribution in [0.2, 0.25) is 0 Å². The molecule has 0 aliphatic rings. The van der Waals surface area contributed by atoms with Gasteiger partial charge in [-0.1, -0.05) is 0 Å². The molecule has 0 aromatic carbocycles. The molecule has 0 atom stereocenters. The van der Waals surface area contributed by atoms with Crippen LogP contribution in [-0.2, 0) is 14.8 Å². The van der Waals surface area contributed by atoms with Gasteiger partial charge in [0.2, 0.25) is 10.0 Å². The highest BCUT2D eigenvalue weighted by atomic mass is 32.2. The lowest BCUT2D eigenvalue weighted by Gasteiger charge is -2.13. The van der Waals surface area contributed by atoms with Gasteiger partial charge >= 0.3 is 5.97 Å². The van der Waals surface area contributed by atoms with Crippen LogP contribution in [0.25, 0.3) is 0 Å². The Kier molecular flexibility index (Phi) is 5.83. The van der Waals surface area contributed by atoms with Crippen LogP contribution in [0.15, 0.2) is 12.1 Å². The van der Waals surface area contributed by atoms with Gasteiger partial charge in [0.15, 0.2) is 5.69 Å². The van der Waals surface area contributed by atoms with Crippen molar-refractivity contribution in [2.75, 3.05) is 38.8 Å². The number of nitrogens with one attached hydrogen (secondary N) is 1. The Balaban J connectivity index is 2.38. The fraction of sp³-hybridized carbons (Fsp3) is 0.545. The predicted octanol–water partition coefficient (Wildman–Crippen LogP) is -0.0434. The van der Waals surface area contributed by atoms with Gasteiger partial charge in [-0.15, -0.1) is 10.2 Å². The molecule has 0 fully saturated rings. The van der Waals surface area contributed by atoms with Gasteiger partial charge in [0.25, 0.3) is 0 Å². The topological polar surface area (TPSA) is 101 Å². The molecule has 0 aliphatic carbocycles. The largest absolute Gasteiger partial charge is 0.464 e. The smallest absolute Gasteiger partial charge is 0.358 e. The molecule has 0 saturated carbocycles. The number of aromatic nitrogens is 2. The second kappa shape index (κ2) is 7.15. The van der Waals surface area contributed by atoms with Crippen molar-refractivity contribution in [2.45, 2.75) is 6.42 Å². The zero-order valence-electron chi connectivity index (χ0n) is 11.7. The van der Waals surface area contributed by atoms with Crippen LogP contribution in [-0.4, -0.2) is 62.4 Å². The number of carbonyl (C=O) groups is 1. The Labute approximate surface area is 118 Å². The van der Waals surface area contributed by atoms with Crippen LogP contribution >= 0.6 is 0 Å². The van der Waals surface area contributed by atoms with Crippen LogP contribution in [0, 0.1) is 0 Å². The zero-order chi connectivity index (χ0) is 15.2. The number of rotatable bonds is 7. The van der Waals surface area contributed by atoms with E-state index in [1.807, 2.05) is 0 Å². The molecule has 1 aromatic rings. The minimum Gasteiger partial charge on any atom is -0.464 e. The number of hydrogen-bond donors (Lipinski definition) is 1. The highest BCUT2D eigenvalue weighted by Crippen LogP contribution is 2.03. The average molecular weight is 302 g/mol. The van der Waals surface area contributed by atoms with Crippen LogP contribution in [0.1, 0.15) is 16.9 Å². The molecule has 20 heavy (non-hydrogen) atoms. The van der Waals surface area contributed by atoms with Gasteiger partial charge in [0.1, 0.15) is 5.82 Å². The molecule has 0 bridgehead atoms. The van der Waals surface area contributed by atoms with Crippen molar-refractivity contribution in [1.82, 2.24) is 14.5 Å². The summed E-state index contributed by atoms with van der Waals surface area (Å²) in [5.74, 6) is -0.0292. The molecule has 8 nitrogen and oxygen atoms in total. The second-order valence-corrected chi connectivity index (χ2v) is 6.25. The maximum atomic E-state index is 11.2. The third-order valence-corrected chi connectivity index (χ3v) is 3.90. The van der Waals surface area contributed by atoms with Crippen molar-refractivity contribution in [2.24, 2.45) is 0 Å². The Morgan fingerprint density at radius 2 is 2.10 bits per heavy atom. The zero-order valence-corrected chi connectivity index (χ0v) is 12.5. The molecule has 1 heterocycles. The number of esters is 1. The molecular weight excluding hydrogens is 284 g/mol. The maximum absolute atomic E-state index is 11.2. The van der Waals surface area contributed by atoms with Crippen LogP contribution in [0.3, 0.4) is 0 Å². The first-order valence-electron chi connectivity index (χ1n) is 5.92. The van der Waals surface area contributed by atoms with E-state index in [1.165, 1.54) is 24.5 Å². The lowest BCUT2D eigenvalue weighted by molar-refractivity contribution is 0.0592. The van der Waals surface area contributed by atoms with Gasteiger partial charge in [0.05, 0.1) is 13.4 Å². The van der Waals surface area contributed by atoms with Gasteiger partial charge in [-0.2, -0.15) is 0 Å². The van der Waals surface area contributed by atoms with Crippen molar-refractivity contribution < 1.29 is 17.9 Å². The van der Waals surface area contributed by atoms with Crippen LogP contribution in [0.4, 0.5) is 5.82 Å². The maximum Gasteiger partial charge on any atom is 0.358 e. The Bertz CT molecular complexity index is 544. The fourth-order valence-corrected chi connectivity index (χ4v) is 1.78. The minimum absolute atomic E-state index is 0.134. The van der Waals surface area contributed by atoms with E-state index >= 15 is 0 Å². The molecule has 112 valence electrons. The van der Waals surface area contributed by atoms with E-state index in [-0.39, 0.29) is 5.69 Å². The standard InChI is InChI=1S/C11H18N4O4S/c1-15(20(3,17)18)8-4-7-12-10-6-5-9(13-14-10)11(16)19-2/h5-6H,4,7-8H2,1-3H3,(H,12,14). The molecule has 0 radical (unpaired) electrons. The minimum atomic E-state index is -3.14. The van der Waals surface area contributed by atoms with Gasteiger partial charge in [-0.25, -0.2) is 17.5 Å². The highest BCUT2D eigenvalue weighted by Gasteiger charge is 2.10. The van der Waals surface area contributed by atoms with Crippen molar-refractivity contribution in [3.63, 3.8) is 0 Å². The van der Waals surface area contributed by atoms with E-state index in [0.29, 0.717) is 25.3 Å². The van der Waals surface area contributed by atoms with Crippen molar-refractivity contribution in [3.8, 4) is 0 Å². The van der Waals surface area contributed by atoms with Crippen LogP contribution < -0.4 is 5.32 Å². The molecule has 0 spiro atoms. The Morgan fingerprint density at radius 1 is 1.40 bits per heavy atom. The van der Waals surface area contributed by atoms with E-state index < -0.39 is 16.0 Å². The monoisotopic (exact) mass is 302 g/mol. The molecular formula is C11H18N4O4S. The molecule has 1 aromatic heterocycles. The lowest BCUT2D eigenvalue weighted by Crippen LogP contribution is -2.27. The van der Waals surface area contributed by atoms with Gasteiger partial charge in [-0.3, -0.25) is 0 Å².